The van der Waals surface area contributed by atoms with Gasteiger partial charge in [0.25, 0.3) is 0 Å². The van der Waals surface area contributed by atoms with Crippen molar-refractivity contribution in [2.45, 2.75) is 13.1 Å². The zero-order chi connectivity index (χ0) is 14.5. The summed E-state index contributed by atoms with van der Waals surface area (Å²) >= 11 is 3.28. The van der Waals surface area contributed by atoms with Gasteiger partial charge in [-0.15, -0.1) is 0 Å². The Balaban J connectivity index is 2.01. The van der Waals surface area contributed by atoms with Crippen molar-refractivity contribution in [2.75, 3.05) is 0 Å². The fraction of sp³-hybridized carbons (Fsp3) is 0.133. The fourth-order valence-corrected chi connectivity index (χ4v) is 2.25. The van der Waals surface area contributed by atoms with Gasteiger partial charge in [-0.05, 0) is 42.0 Å². The highest BCUT2D eigenvalue weighted by Gasteiger charge is 2.04. The topological polar surface area (TPSA) is 35.8 Å². The minimum absolute atomic E-state index is 0.274. The van der Waals surface area contributed by atoms with Crippen molar-refractivity contribution in [3.8, 4) is 6.07 Å². The molecule has 0 saturated heterocycles. The van der Waals surface area contributed by atoms with Crippen molar-refractivity contribution >= 4 is 15.9 Å². The second kappa shape index (κ2) is 6.60. The van der Waals surface area contributed by atoms with Crippen LogP contribution in [0.2, 0.25) is 0 Å². The lowest BCUT2D eigenvalue weighted by atomic mass is 10.1. The molecule has 0 heterocycles. The molecule has 0 saturated carbocycles. The maximum Gasteiger partial charge on any atom is 0.127 e. The van der Waals surface area contributed by atoms with Crippen molar-refractivity contribution in [3.63, 3.8) is 0 Å². The van der Waals surface area contributed by atoms with Gasteiger partial charge in [-0.25, -0.2) is 8.78 Å². The molecule has 5 heteroatoms. The molecule has 0 unspecified atom stereocenters. The van der Waals surface area contributed by atoms with Crippen LogP contribution >= 0.6 is 15.9 Å². The van der Waals surface area contributed by atoms with E-state index in [2.05, 4.69) is 21.2 Å². The SMILES string of the molecule is N#Cc1cc(F)cc(CNCc2cc(Br)ccc2F)c1. The molecule has 0 bridgehead atoms. The molecule has 0 aliphatic carbocycles. The average Bonchev–Trinajstić information content (AvgIpc) is 2.42. The van der Waals surface area contributed by atoms with Crippen LogP contribution in [0.4, 0.5) is 8.78 Å². The average molecular weight is 337 g/mol. The Bertz CT molecular complexity index is 665. The van der Waals surface area contributed by atoms with Crippen molar-refractivity contribution in [2.24, 2.45) is 0 Å². The third kappa shape index (κ3) is 3.86. The normalized spacial score (nSPS) is 10.3. The van der Waals surface area contributed by atoms with Crippen LogP contribution in [0.3, 0.4) is 0 Å². The third-order valence-electron chi connectivity index (χ3n) is 2.74. The molecule has 0 amide bonds. The summed E-state index contributed by atoms with van der Waals surface area (Å²) in [4.78, 5) is 0. The maximum absolute atomic E-state index is 13.5. The molecule has 0 atom stereocenters. The Morgan fingerprint density at radius 3 is 2.65 bits per heavy atom. The first-order valence-electron chi connectivity index (χ1n) is 5.92. The number of rotatable bonds is 4. The lowest BCUT2D eigenvalue weighted by molar-refractivity contribution is 0.585. The highest BCUT2D eigenvalue weighted by molar-refractivity contribution is 9.10. The Hall–Kier alpha value is -1.77. The number of nitrogens with zero attached hydrogens (tertiary/aromatic N) is 1. The summed E-state index contributed by atoms with van der Waals surface area (Å²) in [5, 5.41) is 11.8. The van der Waals surface area contributed by atoms with Crippen LogP contribution in [-0.2, 0) is 13.1 Å². The summed E-state index contributed by atoms with van der Waals surface area (Å²) in [6.45, 7) is 0.683. The second-order valence-electron chi connectivity index (χ2n) is 4.30. The van der Waals surface area contributed by atoms with E-state index in [1.54, 1.807) is 18.2 Å². The minimum atomic E-state index is -0.450. The number of hydrogen-bond acceptors (Lipinski definition) is 2. The van der Waals surface area contributed by atoms with E-state index in [-0.39, 0.29) is 11.4 Å². The molecular weight excluding hydrogens is 326 g/mol. The third-order valence-corrected chi connectivity index (χ3v) is 3.23. The fourth-order valence-electron chi connectivity index (χ4n) is 1.84. The van der Waals surface area contributed by atoms with Gasteiger partial charge in [-0.1, -0.05) is 15.9 Å². The van der Waals surface area contributed by atoms with Gasteiger partial charge >= 0.3 is 0 Å². The summed E-state index contributed by atoms with van der Waals surface area (Å²) in [6.07, 6.45) is 0. The van der Waals surface area contributed by atoms with E-state index < -0.39 is 5.82 Å². The molecule has 0 fully saturated rings. The number of nitrogens with one attached hydrogen (secondary N) is 1. The molecular formula is C15H11BrF2N2. The van der Waals surface area contributed by atoms with Gasteiger partial charge in [0.1, 0.15) is 11.6 Å². The zero-order valence-electron chi connectivity index (χ0n) is 10.5. The molecule has 0 spiro atoms. The Labute approximate surface area is 124 Å². The Kier molecular flexibility index (Phi) is 4.83. The van der Waals surface area contributed by atoms with Crippen LogP contribution in [0, 0.1) is 23.0 Å². The largest absolute Gasteiger partial charge is 0.309 e. The Morgan fingerprint density at radius 1 is 1.10 bits per heavy atom. The number of benzene rings is 2. The van der Waals surface area contributed by atoms with Crippen LogP contribution in [0.1, 0.15) is 16.7 Å². The smallest absolute Gasteiger partial charge is 0.127 e. The molecule has 2 nitrogen and oxygen atoms in total. The van der Waals surface area contributed by atoms with Crippen molar-refractivity contribution in [1.82, 2.24) is 5.32 Å². The molecule has 2 aromatic rings. The number of halogens is 3. The summed E-state index contributed by atoms with van der Waals surface area (Å²) in [5.74, 6) is -0.743. The summed E-state index contributed by atoms with van der Waals surface area (Å²) in [6, 6.07) is 10.7. The van der Waals surface area contributed by atoms with E-state index in [0.717, 1.165) is 4.47 Å². The van der Waals surface area contributed by atoms with E-state index in [9.17, 15) is 8.78 Å². The molecule has 0 aliphatic heterocycles. The van der Waals surface area contributed by atoms with E-state index in [0.29, 0.717) is 24.2 Å². The van der Waals surface area contributed by atoms with Gasteiger partial charge < -0.3 is 5.32 Å². The molecule has 0 aliphatic rings. The first-order valence-corrected chi connectivity index (χ1v) is 6.72. The first-order chi connectivity index (χ1) is 9.58. The van der Waals surface area contributed by atoms with Crippen LogP contribution in [0.15, 0.2) is 40.9 Å². The molecule has 0 aromatic heterocycles. The molecule has 0 radical (unpaired) electrons. The lowest BCUT2D eigenvalue weighted by Crippen LogP contribution is -2.14. The summed E-state index contributed by atoms with van der Waals surface area (Å²) in [5.41, 5.74) is 1.45. The maximum atomic E-state index is 13.5. The molecule has 2 rings (SSSR count). The summed E-state index contributed by atoms with van der Waals surface area (Å²) in [7, 11) is 0. The van der Waals surface area contributed by atoms with E-state index in [4.69, 9.17) is 5.26 Å². The van der Waals surface area contributed by atoms with Gasteiger partial charge in [0.05, 0.1) is 11.6 Å². The van der Waals surface area contributed by atoms with Crippen molar-refractivity contribution in [3.05, 3.63) is 69.2 Å². The highest BCUT2D eigenvalue weighted by atomic mass is 79.9. The highest BCUT2D eigenvalue weighted by Crippen LogP contribution is 2.15. The van der Waals surface area contributed by atoms with Gasteiger partial charge in [0.15, 0.2) is 0 Å². The number of nitriles is 1. The standard InChI is InChI=1S/C15H11BrF2N2/c16-13-1-2-15(18)12(6-13)9-20-8-11-3-10(7-19)4-14(17)5-11/h1-6,20H,8-9H2. The van der Waals surface area contributed by atoms with Crippen molar-refractivity contribution in [1.29, 1.82) is 5.26 Å². The Morgan fingerprint density at radius 2 is 1.90 bits per heavy atom. The summed E-state index contributed by atoms with van der Waals surface area (Å²) < 4.78 is 27.6. The molecule has 2 aromatic carbocycles. The van der Waals surface area contributed by atoms with Crippen LogP contribution in [0.25, 0.3) is 0 Å². The number of hydrogen-bond donors (Lipinski definition) is 1. The van der Waals surface area contributed by atoms with Gasteiger partial charge in [-0.3, -0.25) is 0 Å². The van der Waals surface area contributed by atoms with E-state index in [1.807, 2.05) is 6.07 Å². The lowest BCUT2D eigenvalue weighted by Gasteiger charge is -2.07. The second-order valence-corrected chi connectivity index (χ2v) is 5.21. The predicted molar refractivity (Wildman–Crippen MR) is 75.8 cm³/mol. The van der Waals surface area contributed by atoms with Gasteiger partial charge in [-0.2, -0.15) is 5.26 Å². The predicted octanol–water partition coefficient (Wildman–Crippen LogP) is 3.89. The van der Waals surface area contributed by atoms with Gasteiger partial charge in [0.2, 0.25) is 0 Å². The minimum Gasteiger partial charge on any atom is -0.309 e. The molecule has 102 valence electrons. The van der Waals surface area contributed by atoms with E-state index >= 15 is 0 Å². The van der Waals surface area contributed by atoms with Crippen molar-refractivity contribution < 1.29 is 8.78 Å². The monoisotopic (exact) mass is 336 g/mol. The van der Waals surface area contributed by atoms with Crippen LogP contribution in [0.5, 0.6) is 0 Å². The quantitative estimate of drug-likeness (QED) is 0.919. The van der Waals surface area contributed by atoms with Gasteiger partial charge in [0, 0.05) is 23.1 Å². The first kappa shape index (κ1) is 14.6. The van der Waals surface area contributed by atoms with E-state index in [1.165, 1.54) is 18.2 Å². The molecule has 1 N–H and O–H groups in total. The molecule has 20 heavy (non-hydrogen) atoms. The van der Waals surface area contributed by atoms with Crippen LogP contribution in [-0.4, -0.2) is 0 Å². The zero-order valence-corrected chi connectivity index (χ0v) is 12.0. The van der Waals surface area contributed by atoms with Crippen LogP contribution < -0.4 is 5.32 Å².